The van der Waals surface area contributed by atoms with Gasteiger partial charge in [0.1, 0.15) is 0 Å². The molecule has 1 aromatic carbocycles. The van der Waals surface area contributed by atoms with Gasteiger partial charge in [-0.3, -0.25) is 0 Å². The fourth-order valence-corrected chi connectivity index (χ4v) is 2.08. The van der Waals surface area contributed by atoms with Gasteiger partial charge in [-0.2, -0.15) is 10.2 Å². The van der Waals surface area contributed by atoms with Crippen LogP contribution in [0.5, 0.6) is 11.8 Å². The fourth-order valence-electron chi connectivity index (χ4n) is 2.08. The Bertz CT molecular complexity index is 731. The van der Waals surface area contributed by atoms with Gasteiger partial charge in [0.25, 0.3) is 0 Å². The number of ether oxygens (including phenoxy) is 3. The molecular weight excluding hydrogens is 310 g/mol. The Morgan fingerprint density at radius 3 is 2.17 bits per heavy atom. The van der Waals surface area contributed by atoms with Crippen molar-refractivity contribution in [3.63, 3.8) is 0 Å². The fraction of sp³-hybridized carbons (Fsp3) is 0.235. The van der Waals surface area contributed by atoms with Gasteiger partial charge in [0.15, 0.2) is 6.04 Å². The summed E-state index contributed by atoms with van der Waals surface area (Å²) in [4.78, 5) is 16.3. The number of hydrogen-bond donors (Lipinski definition) is 1. The Morgan fingerprint density at radius 1 is 1.12 bits per heavy atom. The third-order valence-corrected chi connectivity index (χ3v) is 3.31. The molecule has 7 heteroatoms. The van der Waals surface area contributed by atoms with Crippen molar-refractivity contribution >= 4 is 11.7 Å². The van der Waals surface area contributed by atoms with E-state index in [4.69, 9.17) is 19.5 Å². The summed E-state index contributed by atoms with van der Waals surface area (Å²) in [6, 6.07) is 11.2. The molecule has 0 fully saturated rings. The first-order valence-electron chi connectivity index (χ1n) is 7.05. The Kier molecular flexibility index (Phi) is 5.58. The van der Waals surface area contributed by atoms with Crippen molar-refractivity contribution in [3.05, 3.63) is 47.5 Å². The molecule has 0 bridgehead atoms. The second kappa shape index (κ2) is 7.83. The van der Waals surface area contributed by atoms with Crippen LogP contribution in [0.2, 0.25) is 0 Å². The number of carbonyl (C=O) groups excluding carboxylic acids is 1. The number of nitriles is 1. The first-order chi connectivity index (χ1) is 11.6. The smallest absolute Gasteiger partial charge is 0.332 e. The van der Waals surface area contributed by atoms with Crippen molar-refractivity contribution in [2.45, 2.75) is 6.04 Å². The monoisotopic (exact) mass is 327 g/mol. The highest BCUT2D eigenvalue weighted by molar-refractivity contribution is 5.81. The van der Waals surface area contributed by atoms with Gasteiger partial charge < -0.3 is 19.5 Å². The average Bonchev–Trinajstić information content (AvgIpc) is 2.65. The number of aromatic nitrogens is 1. The number of esters is 1. The number of carbonyl (C=O) groups is 1. The minimum atomic E-state index is -0.784. The van der Waals surface area contributed by atoms with E-state index in [0.29, 0.717) is 28.6 Å². The number of hydrogen-bond acceptors (Lipinski definition) is 7. The van der Waals surface area contributed by atoms with Crippen LogP contribution in [-0.4, -0.2) is 32.3 Å². The van der Waals surface area contributed by atoms with Crippen molar-refractivity contribution in [1.82, 2.24) is 4.98 Å². The Morgan fingerprint density at radius 2 is 1.71 bits per heavy atom. The van der Waals surface area contributed by atoms with E-state index in [1.807, 2.05) is 6.07 Å². The minimum absolute atomic E-state index is 0.319. The molecular formula is C17H17N3O4. The summed E-state index contributed by atoms with van der Waals surface area (Å²) < 4.78 is 15.1. The molecule has 0 radical (unpaired) electrons. The molecule has 2 rings (SSSR count). The summed E-state index contributed by atoms with van der Waals surface area (Å²) in [5.41, 5.74) is 1.77. The number of rotatable bonds is 6. The van der Waals surface area contributed by atoms with Crippen molar-refractivity contribution in [2.24, 2.45) is 0 Å². The molecule has 24 heavy (non-hydrogen) atoms. The van der Waals surface area contributed by atoms with Crippen LogP contribution in [0.15, 0.2) is 36.4 Å². The molecule has 0 saturated carbocycles. The van der Waals surface area contributed by atoms with E-state index in [-0.39, 0.29) is 0 Å². The summed E-state index contributed by atoms with van der Waals surface area (Å²) in [6.45, 7) is 0. The molecule has 7 nitrogen and oxygen atoms in total. The number of benzene rings is 1. The van der Waals surface area contributed by atoms with E-state index in [2.05, 4.69) is 10.3 Å². The van der Waals surface area contributed by atoms with E-state index >= 15 is 0 Å². The van der Waals surface area contributed by atoms with E-state index in [1.54, 1.807) is 36.4 Å². The predicted molar refractivity (Wildman–Crippen MR) is 86.9 cm³/mol. The first-order valence-corrected chi connectivity index (χ1v) is 7.05. The number of nitrogens with zero attached hydrogens (tertiary/aromatic N) is 2. The summed E-state index contributed by atoms with van der Waals surface area (Å²) >= 11 is 0. The predicted octanol–water partition coefficient (Wildman–Crippen LogP) is 2.30. The summed E-state index contributed by atoms with van der Waals surface area (Å²) in [6.07, 6.45) is 0. The maximum Gasteiger partial charge on any atom is 0.332 e. The minimum Gasteiger partial charge on any atom is -0.481 e. The van der Waals surface area contributed by atoms with Gasteiger partial charge in [-0.15, -0.1) is 0 Å². The number of anilines is 1. The molecule has 1 unspecified atom stereocenters. The zero-order valence-corrected chi connectivity index (χ0v) is 13.6. The highest BCUT2D eigenvalue weighted by atomic mass is 16.5. The molecule has 0 saturated heterocycles. The molecule has 0 aliphatic rings. The normalized spacial score (nSPS) is 11.1. The van der Waals surface area contributed by atoms with E-state index in [0.717, 1.165) is 0 Å². The Balaban J connectivity index is 2.37. The summed E-state index contributed by atoms with van der Waals surface area (Å²) in [5.74, 6) is 0.162. The van der Waals surface area contributed by atoms with Gasteiger partial charge in [-0.05, 0) is 29.8 Å². The first kappa shape index (κ1) is 17.1. The number of methoxy groups -OCH3 is 3. The van der Waals surface area contributed by atoms with Crippen LogP contribution < -0.4 is 14.8 Å². The molecule has 1 heterocycles. The van der Waals surface area contributed by atoms with E-state index in [9.17, 15) is 4.79 Å². The topological polar surface area (TPSA) is 93.5 Å². The van der Waals surface area contributed by atoms with Crippen LogP contribution in [0.25, 0.3) is 0 Å². The van der Waals surface area contributed by atoms with Gasteiger partial charge in [0.2, 0.25) is 11.8 Å². The third-order valence-electron chi connectivity index (χ3n) is 3.31. The third kappa shape index (κ3) is 3.93. The maximum atomic E-state index is 12.2. The second-order valence-corrected chi connectivity index (χ2v) is 4.77. The van der Waals surface area contributed by atoms with Crippen LogP contribution in [0.4, 0.5) is 5.69 Å². The Labute approximate surface area is 139 Å². The summed E-state index contributed by atoms with van der Waals surface area (Å²) in [7, 11) is 4.27. The van der Waals surface area contributed by atoms with Crippen LogP contribution >= 0.6 is 0 Å². The molecule has 1 atom stereocenters. The van der Waals surface area contributed by atoms with E-state index < -0.39 is 12.0 Å². The maximum absolute atomic E-state index is 12.2. The lowest BCUT2D eigenvalue weighted by molar-refractivity contribution is -0.141. The Hall–Kier alpha value is -3.27. The highest BCUT2D eigenvalue weighted by Crippen LogP contribution is 2.27. The van der Waals surface area contributed by atoms with Crippen molar-refractivity contribution < 1.29 is 19.0 Å². The standard InChI is InChI=1S/C17H17N3O4/c1-22-14-8-12(9-15(20-14)23-2)16(17(21)24-3)19-13-6-4-11(10-18)5-7-13/h4-9,16,19H,1-3H3. The lowest BCUT2D eigenvalue weighted by atomic mass is 10.1. The molecule has 1 N–H and O–H groups in total. The molecule has 0 amide bonds. The lowest BCUT2D eigenvalue weighted by Crippen LogP contribution is -2.22. The van der Waals surface area contributed by atoms with Crippen LogP contribution in [0.1, 0.15) is 17.2 Å². The van der Waals surface area contributed by atoms with Gasteiger partial charge in [-0.1, -0.05) is 0 Å². The lowest BCUT2D eigenvalue weighted by Gasteiger charge is -2.19. The zero-order chi connectivity index (χ0) is 17.5. The van der Waals surface area contributed by atoms with Gasteiger partial charge in [0.05, 0.1) is 33.0 Å². The largest absolute Gasteiger partial charge is 0.481 e. The van der Waals surface area contributed by atoms with Crippen LogP contribution in [0, 0.1) is 11.3 Å². The van der Waals surface area contributed by atoms with Gasteiger partial charge >= 0.3 is 5.97 Å². The van der Waals surface area contributed by atoms with Crippen LogP contribution in [0.3, 0.4) is 0 Å². The molecule has 124 valence electrons. The van der Waals surface area contributed by atoms with Gasteiger partial charge in [-0.25, -0.2) is 4.79 Å². The average molecular weight is 327 g/mol. The quantitative estimate of drug-likeness (QED) is 0.814. The summed E-state index contributed by atoms with van der Waals surface area (Å²) in [5, 5.41) is 11.9. The molecule has 0 aliphatic carbocycles. The second-order valence-electron chi connectivity index (χ2n) is 4.77. The molecule has 2 aromatic rings. The zero-order valence-electron chi connectivity index (χ0n) is 13.6. The van der Waals surface area contributed by atoms with Crippen molar-refractivity contribution in [1.29, 1.82) is 5.26 Å². The number of nitrogens with one attached hydrogen (secondary N) is 1. The highest BCUT2D eigenvalue weighted by Gasteiger charge is 2.23. The molecule has 0 spiro atoms. The SMILES string of the molecule is COC(=O)C(Nc1ccc(C#N)cc1)c1cc(OC)nc(OC)c1. The van der Waals surface area contributed by atoms with Crippen molar-refractivity contribution in [3.8, 4) is 17.8 Å². The van der Waals surface area contributed by atoms with E-state index in [1.165, 1.54) is 21.3 Å². The van der Waals surface area contributed by atoms with Crippen molar-refractivity contribution in [2.75, 3.05) is 26.6 Å². The van der Waals surface area contributed by atoms with Gasteiger partial charge in [0, 0.05) is 17.8 Å². The van der Waals surface area contributed by atoms with Crippen LogP contribution in [-0.2, 0) is 9.53 Å². The number of pyridine rings is 1. The molecule has 0 aliphatic heterocycles. The molecule has 1 aromatic heterocycles.